The second kappa shape index (κ2) is 4.71. The SMILES string of the molecule is Cc1cc(C2(O)CCC(C)c3ccccc32)ccc1F. The van der Waals surface area contributed by atoms with E-state index < -0.39 is 5.60 Å². The Hall–Kier alpha value is -1.67. The van der Waals surface area contributed by atoms with E-state index in [0.717, 1.165) is 17.5 Å². The number of hydrogen-bond acceptors (Lipinski definition) is 1. The summed E-state index contributed by atoms with van der Waals surface area (Å²) in [4.78, 5) is 0. The third-order valence-corrected chi connectivity index (χ3v) is 4.51. The highest BCUT2D eigenvalue weighted by Gasteiger charge is 2.38. The van der Waals surface area contributed by atoms with Gasteiger partial charge in [0, 0.05) is 0 Å². The molecule has 2 unspecified atom stereocenters. The summed E-state index contributed by atoms with van der Waals surface area (Å²) in [6.07, 6.45) is 1.61. The minimum atomic E-state index is -0.998. The summed E-state index contributed by atoms with van der Waals surface area (Å²) in [6.45, 7) is 3.92. The van der Waals surface area contributed by atoms with Crippen molar-refractivity contribution >= 4 is 0 Å². The van der Waals surface area contributed by atoms with Crippen molar-refractivity contribution in [2.24, 2.45) is 0 Å². The van der Waals surface area contributed by atoms with E-state index in [1.807, 2.05) is 18.2 Å². The molecule has 2 atom stereocenters. The number of aliphatic hydroxyl groups is 1. The van der Waals surface area contributed by atoms with E-state index in [0.29, 0.717) is 17.9 Å². The lowest BCUT2D eigenvalue weighted by atomic mass is 9.71. The van der Waals surface area contributed by atoms with Crippen LogP contribution in [0, 0.1) is 12.7 Å². The molecule has 0 bridgehead atoms. The molecule has 1 aliphatic carbocycles. The Morgan fingerprint density at radius 1 is 1.20 bits per heavy atom. The van der Waals surface area contributed by atoms with E-state index in [-0.39, 0.29) is 5.82 Å². The molecule has 2 aromatic carbocycles. The Balaban J connectivity index is 2.17. The maximum Gasteiger partial charge on any atom is 0.126 e. The second-order valence-electron chi connectivity index (χ2n) is 5.85. The molecule has 0 saturated heterocycles. The molecular formula is C18H19FO. The predicted molar refractivity (Wildman–Crippen MR) is 78.2 cm³/mol. The van der Waals surface area contributed by atoms with E-state index in [9.17, 15) is 9.50 Å². The van der Waals surface area contributed by atoms with Gasteiger partial charge in [-0.3, -0.25) is 0 Å². The van der Waals surface area contributed by atoms with Gasteiger partial charge in [0.25, 0.3) is 0 Å². The highest BCUT2D eigenvalue weighted by Crippen LogP contribution is 2.45. The molecule has 0 saturated carbocycles. The molecular weight excluding hydrogens is 251 g/mol. The maximum absolute atomic E-state index is 13.5. The molecule has 3 rings (SSSR count). The lowest BCUT2D eigenvalue weighted by Crippen LogP contribution is -2.33. The first-order valence-electron chi connectivity index (χ1n) is 7.11. The van der Waals surface area contributed by atoms with E-state index in [4.69, 9.17) is 0 Å². The standard InChI is InChI=1S/C18H19FO/c1-12-9-10-18(20,16-6-4-3-5-15(12)16)14-7-8-17(19)13(2)11-14/h3-8,11-12,20H,9-10H2,1-2H3. The molecule has 1 aliphatic rings. The average Bonchev–Trinajstić information content (AvgIpc) is 2.46. The summed E-state index contributed by atoms with van der Waals surface area (Å²) in [5.41, 5.74) is 2.53. The van der Waals surface area contributed by atoms with Gasteiger partial charge in [0.15, 0.2) is 0 Å². The van der Waals surface area contributed by atoms with Crippen LogP contribution in [0.1, 0.15) is 47.9 Å². The van der Waals surface area contributed by atoms with Crippen molar-refractivity contribution in [3.8, 4) is 0 Å². The maximum atomic E-state index is 13.5. The predicted octanol–water partition coefficient (Wildman–Crippen LogP) is 4.27. The number of halogens is 1. The summed E-state index contributed by atoms with van der Waals surface area (Å²) in [6, 6.07) is 13.0. The summed E-state index contributed by atoms with van der Waals surface area (Å²) in [5.74, 6) is 0.225. The molecule has 0 radical (unpaired) electrons. The van der Waals surface area contributed by atoms with Gasteiger partial charge in [0.1, 0.15) is 11.4 Å². The van der Waals surface area contributed by atoms with Gasteiger partial charge >= 0.3 is 0 Å². The zero-order valence-electron chi connectivity index (χ0n) is 11.9. The first-order valence-corrected chi connectivity index (χ1v) is 7.11. The molecule has 1 N–H and O–H groups in total. The summed E-state index contributed by atoms with van der Waals surface area (Å²) in [7, 11) is 0. The van der Waals surface area contributed by atoms with E-state index in [1.165, 1.54) is 11.6 Å². The number of hydrogen-bond donors (Lipinski definition) is 1. The van der Waals surface area contributed by atoms with Crippen molar-refractivity contribution in [2.75, 3.05) is 0 Å². The van der Waals surface area contributed by atoms with Crippen LogP contribution in [0.15, 0.2) is 42.5 Å². The molecule has 0 spiro atoms. The number of fused-ring (bicyclic) bond motifs is 1. The van der Waals surface area contributed by atoms with Crippen molar-refractivity contribution in [3.63, 3.8) is 0 Å². The van der Waals surface area contributed by atoms with E-state index in [1.54, 1.807) is 19.1 Å². The molecule has 2 aromatic rings. The second-order valence-corrected chi connectivity index (χ2v) is 5.85. The van der Waals surface area contributed by atoms with Gasteiger partial charge in [-0.1, -0.05) is 37.3 Å². The molecule has 0 heterocycles. The minimum Gasteiger partial charge on any atom is -0.380 e. The third kappa shape index (κ3) is 1.95. The van der Waals surface area contributed by atoms with E-state index in [2.05, 4.69) is 13.0 Å². The van der Waals surface area contributed by atoms with Crippen LogP contribution >= 0.6 is 0 Å². The van der Waals surface area contributed by atoms with Crippen molar-refractivity contribution < 1.29 is 9.50 Å². The van der Waals surface area contributed by atoms with Gasteiger partial charge in [0.2, 0.25) is 0 Å². The fraction of sp³-hybridized carbons (Fsp3) is 0.333. The van der Waals surface area contributed by atoms with Crippen molar-refractivity contribution in [1.82, 2.24) is 0 Å². The lowest BCUT2D eigenvalue weighted by molar-refractivity contribution is 0.0578. The van der Waals surface area contributed by atoms with Crippen LogP contribution in [0.5, 0.6) is 0 Å². The van der Waals surface area contributed by atoms with Crippen LogP contribution in [0.4, 0.5) is 4.39 Å². The van der Waals surface area contributed by atoms with Crippen molar-refractivity contribution in [2.45, 2.75) is 38.2 Å². The number of benzene rings is 2. The highest BCUT2D eigenvalue weighted by molar-refractivity contribution is 5.45. The Morgan fingerprint density at radius 3 is 2.70 bits per heavy atom. The fourth-order valence-electron chi connectivity index (χ4n) is 3.22. The van der Waals surface area contributed by atoms with Crippen molar-refractivity contribution in [3.05, 3.63) is 70.5 Å². The largest absolute Gasteiger partial charge is 0.380 e. The Bertz CT molecular complexity index is 650. The molecule has 0 amide bonds. The van der Waals surface area contributed by atoms with Gasteiger partial charge in [-0.2, -0.15) is 0 Å². The monoisotopic (exact) mass is 270 g/mol. The zero-order chi connectivity index (χ0) is 14.3. The molecule has 2 heteroatoms. The third-order valence-electron chi connectivity index (χ3n) is 4.51. The van der Waals surface area contributed by atoms with Gasteiger partial charge in [-0.15, -0.1) is 0 Å². The number of aryl methyl sites for hydroxylation is 1. The smallest absolute Gasteiger partial charge is 0.126 e. The first-order chi connectivity index (χ1) is 9.52. The Kier molecular flexibility index (Phi) is 3.14. The van der Waals surface area contributed by atoms with Gasteiger partial charge in [-0.25, -0.2) is 4.39 Å². The molecule has 20 heavy (non-hydrogen) atoms. The van der Waals surface area contributed by atoms with E-state index >= 15 is 0 Å². The molecule has 0 fully saturated rings. The van der Waals surface area contributed by atoms with Gasteiger partial charge in [-0.05, 0) is 60.1 Å². The Labute approximate surface area is 119 Å². The van der Waals surface area contributed by atoms with Crippen LogP contribution in [-0.2, 0) is 5.60 Å². The fourth-order valence-corrected chi connectivity index (χ4v) is 3.22. The van der Waals surface area contributed by atoms with Crippen LogP contribution in [-0.4, -0.2) is 5.11 Å². The normalized spacial score (nSPS) is 25.3. The number of rotatable bonds is 1. The summed E-state index contributed by atoms with van der Waals surface area (Å²) >= 11 is 0. The summed E-state index contributed by atoms with van der Waals surface area (Å²) < 4.78 is 13.5. The minimum absolute atomic E-state index is 0.227. The Morgan fingerprint density at radius 2 is 1.95 bits per heavy atom. The zero-order valence-corrected chi connectivity index (χ0v) is 11.9. The highest BCUT2D eigenvalue weighted by atomic mass is 19.1. The molecule has 104 valence electrons. The van der Waals surface area contributed by atoms with Gasteiger partial charge < -0.3 is 5.11 Å². The van der Waals surface area contributed by atoms with Crippen LogP contribution in [0.2, 0.25) is 0 Å². The topological polar surface area (TPSA) is 20.2 Å². The van der Waals surface area contributed by atoms with Crippen molar-refractivity contribution in [1.29, 1.82) is 0 Å². The average molecular weight is 270 g/mol. The first kappa shape index (κ1) is 13.3. The van der Waals surface area contributed by atoms with Crippen LogP contribution in [0.3, 0.4) is 0 Å². The lowest BCUT2D eigenvalue weighted by Gasteiger charge is -2.38. The van der Waals surface area contributed by atoms with Crippen LogP contribution in [0.25, 0.3) is 0 Å². The summed E-state index contributed by atoms with van der Waals surface area (Å²) in [5, 5.41) is 11.2. The molecule has 0 aromatic heterocycles. The molecule has 1 nitrogen and oxygen atoms in total. The quantitative estimate of drug-likeness (QED) is 0.820. The van der Waals surface area contributed by atoms with Crippen LogP contribution < -0.4 is 0 Å². The van der Waals surface area contributed by atoms with Gasteiger partial charge in [0.05, 0.1) is 0 Å². The molecule has 0 aliphatic heterocycles.